The van der Waals surface area contributed by atoms with Gasteiger partial charge in [-0.1, -0.05) is 35.9 Å². The highest BCUT2D eigenvalue weighted by Gasteiger charge is 2.13. The van der Waals surface area contributed by atoms with E-state index in [0.717, 1.165) is 5.00 Å². The summed E-state index contributed by atoms with van der Waals surface area (Å²) in [6.45, 7) is 6.76. The Kier molecular flexibility index (Phi) is 5.00. The molecule has 0 saturated heterocycles. The first-order valence-electron chi connectivity index (χ1n) is 6.68. The van der Waals surface area contributed by atoms with Gasteiger partial charge in [-0.05, 0) is 18.6 Å². The van der Waals surface area contributed by atoms with Crippen LogP contribution < -0.4 is 16.4 Å². The molecule has 0 atom stereocenters. The summed E-state index contributed by atoms with van der Waals surface area (Å²) in [4.78, 5) is 12.4. The zero-order chi connectivity index (χ0) is 15.2. The summed E-state index contributed by atoms with van der Waals surface area (Å²) in [5.41, 5.74) is 8.80. The van der Waals surface area contributed by atoms with Gasteiger partial charge in [0.15, 0.2) is 0 Å². The molecule has 2 aromatic rings. The van der Waals surface area contributed by atoms with Gasteiger partial charge in [-0.25, -0.2) is 0 Å². The molecule has 110 valence electrons. The van der Waals surface area contributed by atoms with Crippen LogP contribution in [0.2, 0.25) is 0 Å². The van der Waals surface area contributed by atoms with Crippen LogP contribution in [0.25, 0.3) is 0 Å². The Balaban J connectivity index is 1.99. The van der Waals surface area contributed by atoms with Crippen LogP contribution in [-0.2, 0) is 6.54 Å². The van der Waals surface area contributed by atoms with E-state index in [1.807, 2.05) is 0 Å². The smallest absolute Gasteiger partial charge is 0.263 e. The molecule has 4 nitrogen and oxygen atoms in total. The van der Waals surface area contributed by atoms with Gasteiger partial charge >= 0.3 is 0 Å². The SMILES string of the molecule is C=CCNC(=O)c1sc(NCc2ccc(C)cc2)cc1N. The van der Waals surface area contributed by atoms with Gasteiger partial charge < -0.3 is 16.4 Å². The number of anilines is 2. The van der Waals surface area contributed by atoms with Crippen LogP contribution in [0.5, 0.6) is 0 Å². The van der Waals surface area contributed by atoms with Crippen LogP contribution in [0.3, 0.4) is 0 Å². The Labute approximate surface area is 128 Å². The van der Waals surface area contributed by atoms with Gasteiger partial charge in [0.05, 0.1) is 10.7 Å². The summed E-state index contributed by atoms with van der Waals surface area (Å²) in [5, 5.41) is 6.91. The Morgan fingerprint density at radius 2 is 2.10 bits per heavy atom. The molecule has 0 bridgehead atoms. The van der Waals surface area contributed by atoms with Gasteiger partial charge in [0.2, 0.25) is 0 Å². The molecular weight excluding hydrogens is 282 g/mol. The van der Waals surface area contributed by atoms with E-state index >= 15 is 0 Å². The minimum atomic E-state index is -0.166. The molecule has 1 amide bonds. The zero-order valence-electron chi connectivity index (χ0n) is 12.0. The summed E-state index contributed by atoms with van der Waals surface area (Å²) in [6, 6.07) is 10.1. The largest absolute Gasteiger partial charge is 0.397 e. The fraction of sp³-hybridized carbons (Fsp3) is 0.188. The number of amides is 1. The number of thiophene rings is 1. The van der Waals surface area contributed by atoms with Gasteiger partial charge in [0.1, 0.15) is 4.88 Å². The number of carbonyl (C=O) groups excluding carboxylic acids is 1. The lowest BCUT2D eigenvalue weighted by Crippen LogP contribution is -2.22. The van der Waals surface area contributed by atoms with Crippen molar-refractivity contribution in [2.75, 3.05) is 17.6 Å². The number of nitrogens with two attached hydrogens (primary N) is 1. The lowest BCUT2D eigenvalue weighted by molar-refractivity contribution is 0.0963. The van der Waals surface area contributed by atoms with E-state index in [2.05, 4.69) is 48.4 Å². The maximum atomic E-state index is 11.9. The molecule has 1 aromatic heterocycles. The fourth-order valence-corrected chi connectivity index (χ4v) is 2.70. The van der Waals surface area contributed by atoms with Crippen molar-refractivity contribution in [3.63, 3.8) is 0 Å². The molecule has 21 heavy (non-hydrogen) atoms. The third kappa shape index (κ3) is 4.10. The molecule has 0 aliphatic rings. The Morgan fingerprint density at radius 3 is 2.76 bits per heavy atom. The minimum absolute atomic E-state index is 0.166. The Hall–Kier alpha value is -2.27. The molecule has 0 unspecified atom stereocenters. The van der Waals surface area contributed by atoms with Crippen molar-refractivity contribution in [1.82, 2.24) is 5.32 Å². The molecule has 0 spiro atoms. The van der Waals surface area contributed by atoms with Crippen molar-refractivity contribution in [2.24, 2.45) is 0 Å². The Bertz CT molecular complexity index is 631. The van der Waals surface area contributed by atoms with Crippen molar-refractivity contribution >= 4 is 27.9 Å². The van der Waals surface area contributed by atoms with Crippen molar-refractivity contribution in [2.45, 2.75) is 13.5 Å². The van der Waals surface area contributed by atoms with E-state index in [9.17, 15) is 4.79 Å². The summed E-state index contributed by atoms with van der Waals surface area (Å²) in [7, 11) is 0. The predicted molar refractivity (Wildman–Crippen MR) is 89.8 cm³/mol. The summed E-state index contributed by atoms with van der Waals surface area (Å²) < 4.78 is 0. The molecule has 4 N–H and O–H groups in total. The molecule has 0 fully saturated rings. The second kappa shape index (κ2) is 6.95. The normalized spacial score (nSPS) is 10.1. The van der Waals surface area contributed by atoms with Crippen LogP contribution in [-0.4, -0.2) is 12.5 Å². The van der Waals surface area contributed by atoms with E-state index in [1.54, 1.807) is 12.1 Å². The maximum Gasteiger partial charge on any atom is 0.263 e. The standard InChI is InChI=1S/C16H19N3OS/c1-3-8-18-16(20)15-13(17)9-14(21-15)19-10-12-6-4-11(2)5-7-12/h3-7,9,19H,1,8,10,17H2,2H3,(H,18,20). The lowest BCUT2D eigenvalue weighted by atomic mass is 10.1. The molecule has 0 saturated carbocycles. The van der Waals surface area contributed by atoms with Crippen molar-refractivity contribution in [3.05, 3.63) is 59.0 Å². The number of carbonyl (C=O) groups is 1. The number of nitrogen functional groups attached to an aromatic ring is 1. The van der Waals surface area contributed by atoms with E-state index in [0.29, 0.717) is 23.7 Å². The van der Waals surface area contributed by atoms with Crippen LogP contribution in [0, 0.1) is 6.92 Å². The number of hydrogen-bond acceptors (Lipinski definition) is 4. The molecule has 0 aliphatic heterocycles. The molecule has 1 aromatic carbocycles. The lowest BCUT2D eigenvalue weighted by Gasteiger charge is -2.04. The highest BCUT2D eigenvalue weighted by molar-refractivity contribution is 7.18. The topological polar surface area (TPSA) is 67.2 Å². The van der Waals surface area contributed by atoms with Crippen LogP contribution in [0.4, 0.5) is 10.7 Å². The number of hydrogen-bond donors (Lipinski definition) is 3. The number of aryl methyl sites for hydroxylation is 1. The summed E-state index contributed by atoms with van der Waals surface area (Å²) in [6.07, 6.45) is 1.64. The molecule has 2 rings (SSSR count). The average Bonchev–Trinajstić information content (AvgIpc) is 2.85. The second-order valence-corrected chi connectivity index (χ2v) is 5.79. The molecule has 0 aliphatic carbocycles. The molecule has 1 heterocycles. The first-order chi connectivity index (χ1) is 10.1. The summed E-state index contributed by atoms with van der Waals surface area (Å²) >= 11 is 1.36. The molecule has 0 radical (unpaired) electrons. The second-order valence-electron chi connectivity index (χ2n) is 4.73. The minimum Gasteiger partial charge on any atom is -0.397 e. The highest BCUT2D eigenvalue weighted by atomic mass is 32.1. The highest BCUT2D eigenvalue weighted by Crippen LogP contribution is 2.29. The predicted octanol–water partition coefficient (Wildman–Crippen LogP) is 3.17. The molecule has 5 heteroatoms. The number of benzene rings is 1. The monoisotopic (exact) mass is 301 g/mol. The van der Waals surface area contributed by atoms with Crippen LogP contribution >= 0.6 is 11.3 Å². The van der Waals surface area contributed by atoms with Gasteiger partial charge in [-0.3, -0.25) is 4.79 Å². The first kappa shape index (κ1) is 15.1. The summed E-state index contributed by atoms with van der Waals surface area (Å²) in [5.74, 6) is -0.166. The van der Waals surface area contributed by atoms with E-state index in [4.69, 9.17) is 5.73 Å². The van der Waals surface area contributed by atoms with E-state index in [-0.39, 0.29) is 5.91 Å². The van der Waals surface area contributed by atoms with Gasteiger partial charge in [-0.15, -0.1) is 17.9 Å². The third-order valence-corrected chi connectivity index (χ3v) is 4.07. The van der Waals surface area contributed by atoms with E-state index in [1.165, 1.54) is 22.5 Å². The first-order valence-corrected chi connectivity index (χ1v) is 7.49. The van der Waals surface area contributed by atoms with Gasteiger partial charge in [-0.2, -0.15) is 0 Å². The van der Waals surface area contributed by atoms with Gasteiger partial charge in [0, 0.05) is 13.1 Å². The van der Waals surface area contributed by atoms with Crippen molar-refractivity contribution < 1.29 is 4.79 Å². The number of nitrogens with one attached hydrogen (secondary N) is 2. The van der Waals surface area contributed by atoms with Crippen LogP contribution in [0.15, 0.2) is 43.0 Å². The van der Waals surface area contributed by atoms with Crippen LogP contribution in [0.1, 0.15) is 20.8 Å². The maximum absolute atomic E-state index is 11.9. The zero-order valence-corrected chi connectivity index (χ0v) is 12.8. The van der Waals surface area contributed by atoms with E-state index < -0.39 is 0 Å². The number of rotatable bonds is 6. The average molecular weight is 301 g/mol. The third-order valence-electron chi connectivity index (χ3n) is 2.96. The fourth-order valence-electron chi connectivity index (χ4n) is 1.81. The van der Waals surface area contributed by atoms with Crippen molar-refractivity contribution in [1.29, 1.82) is 0 Å². The van der Waals surface area contributed by atoms with Crippen molar-refractivity contribution in [3.8, 4) is 0 Å². The quantitative estimate of drug-likeness (QED) is 0.718. The van der Waals surface area contributed by atoms with Gasteiger partial charge in [0.25, 0.3) is 5.91 Å². The Morgan fingerprint density at radius 1 is 1.38 bits per heavy atom. The molecular formula is C16H19N3OS.